The number of hydrogen-bond donors (Lipinski definition) is 1. The van der Waals surface area contributed by atoms with Crippen LogP contribution in [0.1, 0.15) is 0 Å². The molecule has 6 nitrogen and oxygen atoms in total. The highest BCUT2D eigenvalue weighted by molar-refractivity contribution is 5.80. The first-order valence-corrected chi connectivity index (χ1v) is 7.64. The largest absolute Gasteiger partial charge is 0.379 e. The van der Waals surface area contributed by atoms with Crippen molar-refractivity contribution in [1.29, 1.82) is 0 Å². The molecule has 0 atom stereocenters. The summed E-state index contributed by atoms with van der Waals surface area (Å²) >= 11 is 0. The van der Waals surface area contributed by atoms with E-state index in [1.54, 1.807) is 0 Å². The molecule has 0 saturated carbocycles. The SMILES string of the molecule is c1cc2cc(-c3cnn(CCN4CCOCC4)c3)cnc2[nH]1. The minimum absolute atomic E-state index is 0.840. The van der Waals surface area contributed by atoms with E-state index in [1.807, 2.05) is 29.3 Å². The third-order valence-corrected chi connectivity index (χ3v) is 4.12. The molecule has 0 aliphatic carbocycles. The van der Waals surface area contributed by atoms with E-state index in [0.29, 0.717) is 0 Å². The lowest BCUT2D eigenvalue weighted by Gasteiger charge is -2.26. The Morgan fingerprint density at radius 1 is 1.14 bits per heavy atom. The van der Waals surface area contributed by atoms with Gasteiger partial charge >= 0.3 is 0 Å². The average molecular weight is 297 g/mol. The van der Waals surface area contributed by atoms with Crippen molar-refractivity contribution in [1.82, 2.24) is 24.6 Å². The summed E-state index contributed by atoms with van der Waals surface area (Å²) in [6.07, 6.45) is 7.81. The lowest BCUT2D eigenvalue weighted by molar-refractivity contribution is 0.0360. The highest BCUT2D eigenvalue weighted by Gasteiger charge is 2.10. The van der Waals surface area contributed by atoms with Gasteiger partial charge in [-0.05, 0) is 12.1 Å². The van der Waals surface area contributed by atoms with Gasteiger partial charge in [-0.3, -0.25) is 9.58 Å². The molecule has 0 bridgehead atoms. The van der Waals surface area contributed by atoms with E-state index < -0.39 is 0 Å². The highest BCUT2D eigenvalue weighted by atomic mass is 16.5. The Balaban J connectivity index is 1.46. The molecular weight excluding hydrogens is 278 g/mol. The highest BCUT2D eigenvalue weighted by Crippen LogP contribution is 2.21. The van der Waals surface area contributed by atoms with E-state index in [-0.39, 0.29) is 0 Å². The Morgan fingerprint density at radius 3 is 2.95 bits per heavy atom. The molecule has 3 aromatic rings. The van der Waals surface area contributed by atoms with Crippen molar-refractivity contribution in [2.24, 2.45) is 0 Å². The van der Waals surface area contributed by atoms with Crippen LogP contribution in [0.15, 0.2) is 36.9 Å². The standard InChI is InChI=1S/C16H19N5O/c1-2-17-16-13(1)9-14(10-18-16)15-11-19-21(12-15)4-3-20-5-7-22-8-6-20/h1-2,9-12H,3-8H2,(H,17,18). The number of morpholine rings is 1. The third-order valence-electron chi connectivity index (χ3n) is 4.12. The maximum absolute atomic E-state index is 5.37. The zero-order chi connectivity index (χ0) is 14.8. The van der Waals surface area contributed by atoms with Crippen LogP contribution in [0.25, 0.3) is 22.2 Å². The predicted octanol–water partition coefficient (Wildman–Crippen LogP) is 1.76. The summed E-state index contributed by atoms with van der Waals surface area (Å²) in [5, 5.41) is 5.59. The summed E-state index contributed by atoms with van der Waals surface area (Å²) < 4.78 is 7.37. The van der Waals surface area contributed by atoms with E-state index in [9.17, 15) is 0 Å². The van der Waals surface area contributed by atoms with Crippen LogP contribution in [0, 0.1) is 0 Å². The average Bonchev–Trinajstić information content (AvgIpc) is 3.22. The van der Waals surface area contributed by atoms with Crippen molar-refractivity contribution in [3.8, 4) is 11.1 Å². The molecule has 0 aromatic carbocycles. The quantitative estimate of drug-likeness (QED) is 0.797. The monoisotopic (exact) mass is 297 g/mol. The van der Waals surface area contributed by atoms with Gasteiger partial charge in [0.15, 0.2) is 0 Å². The number of aromatic nitrogens is 4. The number of hydrogen-bond acceptors (Lipinski definition) is 4. The molecule has 0 radical (unpaired) electrons. The Kier molecular flexibility index (Phi) is 3.62. The number of ether oxygens (including phenoxy) is 1. The van der Waals surface area contributed by atoms with Gasteiger partial charge in [0.05, 0.1) is 26.0 Å². The van der Waals surface area contributed by atoms with Gasteiger partial charge in [-0.25, -0.2) is 4.98 Å². The van der Waals surface area contributed by atoms with E-state index in [2.05, 4.69) is 32.2 Å². The molecule has 0 spiro atoms. The van der Waals surface area contributed by atoms with Gasteiger partial charge in [-0.1, -0.05) is 0 Å². The molecule has 1 aliphatic rings. The smallest absolute Gasteiger partial charge is 0.137 e. The van der Waals surface area contributed by atoms with E-state index >= 15 is 0 Å². The van der Waals surface area contributed by atoms with Crippen LogP contribution in [0.2, 0.25) is 0 Å². The Morgan fingerprint density at radius 2 is 2.05 bits per heavy atom. The zero-order valence-corrected chi connectivity index (χ0v) is 12.4. The molecule has 114 valence electrons. The van der Waals surface area contributed by atoms with Crippen molar-refractivity contribution in [3.05, 3.63) is 36.9 Å². The Labute approximate surface area is 128 Å². The van der Waals surface area contributed by atoms with Gasteiger partial charge in [0.2, 0.25) is 0 Å². The second-order valence-corrected chi connectivity index (χ2v) is 5.59. The zero-order valence-electron chi connectivity index (χ0n) is 12.4. The Hall–Kier alpha value is -2.18. The maximum Gasteiger partial charge on any atom is 0.137 e. The van der Waals surface area contributed by atoms with Crippen LogP contribution in [0.4, 0.5) is 0 Å². The van der Waals surface area contributed by atoms with Crippen molar-refractivity contribution < 1.29 is 4.74 Å². The fraction of sp³-hybridized carbons (Fsp3) is 0.375. The summed E-state index contributed by atoms with van der Waals surface area (Å²) in [5.41, 5.74) is 3.13. The summed E-state index contributed by atoms with van der Waals surface area (Å²) in [5.74, 6) is 0. The number of nitrogens with one attached hydrogen (secondary N) is 1. The lowest BCUT2D eigenvalue weighted by atomic mass is 10.1. The van der Waals surface area contributed by atoms with Crippen LogP contribution in [-0.2, 0) is 11.3 Å². The normalized spacial score (nSPS) is 16.4. The minimum Gasteiger partial charge on any atom is -0.379 e. The van der Waals surface area contributed by atoms with Gasteiger partial charge in [-0.2, -0.15) is 5.10 Å². The summed E-state index contributed by atoms with van der Waals surface area (Å²) in [6, 6.07) is 4.18. The predicted molar refractivity (Wildman–Crippen MR) is 84.6 cm³/mol. The molecule has 1 saturated heterocycles. The lowest BCUT2D eigenvalue weighted by Crippen LogP contribution is -2.38. The number of nitrogens with zero attached hydrogens (tertiary/aromatic N) is 4. The molecule has 1 fully saturated rings. The molecule has 3 aromatic heterocycles. The molecule has 6 heteroatoms. The van der Waals surface area contributed by atoms with Crippen molar-refractivity contribution in [3.63, 3.8) is 0 Å². The van der Waals surface area contributed by atoms with Crippen molar-refractivity contribution in [2.75, 3.05) is 32.8 Å². The fourth-order valence-electron chi connectivity index (χ4n) is 2.80. The van der Waals surface area contributed by atoms with Crippen LogP contribution in [0.5, 0.6) is 0 Å². The van der Waals surface area contributed by atoms with Crippen LogP contribution in [-0.4, -0.2) is 57.5 Å². The molecular formula is C16H19N5O. The van der Waals surface area contributed by atoms with Crippen LogP contribution >= 0.6 is 0 Å². The molecule has 1 aliphatic heterocycles. The maximum atomic E-state index is 5.37. The van der Waals surface area contributed by atoms with Crippen molar-refractivity contribution in [2.45, 2.75) is 6.54 Å². The summed E-state index contributed by atoms with van der Waals surface area (Å²) in [4.78, 5) is 9.96. The van der Waals surface area contributed by atoms with Gasteiger partial charge in [0.1, 0.15) is 5.65 Å². The second-order valence-electron chi connectivity index (χ2n) is 5.59. The number of aromatic amines is 1. The molecule has 4 heterocycles. The Bertz CT molecular complexity index is 757. The van der Waals surface area contributed by atoms with Crippen LogP contribution < -0.4 is 0 Å². The van der Waals surface area contributed by atoms with E-state index in [0.717, 1.165) is 61.6 Å². The van der Waals surface area contributed by atoms with Gasteiger partial charge in [-0.15, -0.1) is 0 Å². The molecule has 1 N–H and O–H groups in total. The van der Waals surface area contributed by atoms with Gasteiger partial charge in [0, 0.05) is 54.7 Å². The topological polar surface area (TPSA) is 59.0 Å². The molecule has 22 heavy (non-hydrogen) atoms. The van der Waals surface area contributed by atoms with Gasteiger partial charge < -0.3 is 9.72 Å². The number of pyridine rings is 1. The number of H-pyrrole nitrogens is 1. The fourth-order valence-corrected chi connectivity index (χ4v) is 2.80. The van der Waals surface area contributed by atoms with E-state index in [1.165, 1.54) is 0 Å². The van der Waals surface area contributed by atoms with Crippen molar-refractivity contribution >= 4 is 11.0 Å². The second kappa shape index (κ2) is 5.90. The summed E-state index contributed by atoms with van der Waals surface area (Å²) in [6.45, 7) is 5.63. The first-order chi connectivity index (χ1) is 10.9. The molecule has 0 amide bonds. The first kappa shape index (κ1) is 13.5. The third kappa shape index (κ3) is 2.75. The molecule has 4 rings (SSSR count). The molecule has 0 unspecified atom stereocenters. The summed E-state index contributed by atoms with van der Waals surface area (Å²) in [7, 11) is 0. The van der Waals surface area contributed by atoms with E-state index in [4.69, 9.17) is 4.74 Å². The number of rotatable bonds is 4. The number of fused-ring (bicyclic) bond motifs is 1. The minimum atomic E-state index is 0.840. The van der Waals surface area contributed by atoms with Gasteiger partial charge in [0.25, 0.3) is 0 Å². The first-order valence-electron chi connectivity index (χ1n) is 7.64. The van der Waals surface area contributed by atoms with Crippen LogP contribution in [0.3, 0.4) is 0 Å².